The molecule has 0 saturated carbocycles. The van der Waals surface area contributed by atoms with Crippen molar-refractivity contribution in [3.63, 3.8) is 0 Å². The minimum absolute atomic E-state index is 0.0917. The molecular weight excluding hydrogens is 218 g/mol. The summed E-state index contributed by atoms with van der Waals surface area (Å²) in [6.07, 6.45) is 1.92. The molecule has 1 heterocycles. The van der Waals surface area contributed by atoms with Gasteiger partial charge in [0, 0.05) is 45.6 Å². The summed E-state index contributed by atoms with van der Waals surface area (Å²) >= 11 is 0. The van der Waals surface area contributed by atoms with Crippen LogP contribution in [0.15, 0.2) is 24.4 Å². The number of likely N-dealkylation sites (N-methyl/N-ethyl adjacent to an activating group) is 1. The van der Waals surface area contributed by atoms with E-state index in [0.717, 1.165) is 12.1 Å². The molecule has 1 amide bonds. The van der Waals surface area contributed by atoms with Gasteiger partial charge in [0.25, 0.3) is 5.91 Å². The maximum Gasteiger partial charge on any atom is 0.252 e. The molecule has 5 nitrogen and oxygen atoms in total. The van der Waals surface area contributed by atoms with Crippen molar-refractivity contribution >= 4 is 5.91 Å². The van der Waals surface area contributed by atoms with Crippen molar-refractivity contribution in [1.29, 1.82) is 0 Å². The Hall–Kier alpha value is -1.46. The summed E-state index contributed by atoms with van der Waals surface area (Å²) in [7, 11) is 3.23. The van der Waals surface area contributed by atoms with E-state index in [0.29, 0.717) is 6.54 Å². The zero-order valence-corrected chi connectivity index (χ0v) is 10.3. The molecule has 0 spiro atoms. The van der Waals surface area contributed by atoms with Crippen molar-refractivity contribution in [2.75, 3.05) is 27.2 Å². The topological polar surface area (TPSA) is 68.5 Å². The number of hydrogen-bond acceptors (Lipinski definition) is 4. The SMILES string of the molecule is COC(CN)C(=O)N(C)CCc1ccccn1. The van der Waals surface area contributed by atoms with Gasteiger partial charge in [-0.1, -0.05) is 6.07 Å². The summed E-state index contributed by atoms with van der Waals surface area (Å²) in [6, 6.07) is 5.74. The Morgan fingerprint density at radius 2 is 2.35 bits per heavy atom. The van der Waals surface area contributed by atoms with E-state index in [2.05, 4.69) is 4.98 Å². The number of methoxy groups -OCH3 is 1. The monoisotopic (exact) mass is 237 g/mol. The van der Waals surface area contributed by atoms with E-state index in [9.17, 15) is 4.79 Å². The molecule has 0 radical (unpaired) electrons. The van der Waals surface area contributed by atoms with Crippen molar-refractivity contribution in [2.45, 2.75) is 12.5 Å². The zero-order chi connectivity index (χ0) is 12.7. The first-order valence-corrected chi connectivity index (χ1v) is 5.56. The lowest BCUT2D eigenvalue weighted by molar-refractivity contribution is -0.139. The molecule has 1 rings (SSSR count). The fourth-order valence-corrected chi connectivity index (χ4v) is 1.48. The van der Waals surface area contributed by atoms with Gasteiger partial charge in [0.1, 0.15) is 6.10 Å². The Morgan fingerprint density at radius 3 is 2.88 bits per heavy atom. The van der Waals surface area contributed by atoms with Gasteiger partial charge in [0.05, 0.1) is 0 Å². The van der Waals surface area contributed by atoms with Gasteiger partial charge in [-0.2, -0.15) is 0 Å². The van der Waals surface area contributed by atoms with Gasteiger partial charge in [-0.25, -0.2) is 0 Å². The third kappa shape index (κ3) is 4.13. The van der Waals surface area contributed by atoms with E-state index in [-0.39, 0.29) is 12.5 Å². The highest BCUT2D eigenvalue weighted by atomic mass is 16.5. The van der Waals surface area contributed by atoms with Crippen LogP contribution in [0.1, 0.15) is 5.69 Å². The minimum Gasteiger partial charge on any atom is -0.370 e. The van der Waals surface area contributed by atoms with Crippen molar-refractivity contribution in [2.24, 2.45) is 5.73 Å². The molecule has 0 aromatic carbocycles. The normalized spacial score (nSPS) is 12.2. The summed E-state index contributed by atoms with van der Waals surface area (Å²) in [6.45, 7) is 0.805. The molecule has 94 valence electrons. The summed E-state index contributed by atoms with van der Waals surface area (Å²) in [5.74, 6) is -0.0917. The number of hydrogen-bond donors (Lipinski definition) is 1. The van der Waals surface area contributed by atoms with E-state index in [1.807, 2.05) is 18.2 Å². The standard InChI is InChI=1S/C12H19N3O2/c1-15(12(16)11(9-13)17-2)8-6-10-5-3-4-7-14-10/h3-5,7,11H,6,8-9,13H2,1-2H3. The predicted octanol–water partition coefficient (Wildman–Crippen LogP) is 0.0562. The molecule has 0 aliphatic carbocycles. The molecule has 2 N–H and O–H groups in total. The van der Waals surface area contributed by atoms with Crippen LogP contribution in [0.25, 0.3) is 0 Å². The molecule has 0 aliphatic heterocycles. The van der Waals surface area contributed by atoms with Gasteiger partial charge >= 0.3 is 0 Å². The molecule has 0 saturated heterocycles. The Bertz CT molecular complexity index is 339. The van der Waals surface area contributed by atoms with Gasteiger partial charge < -0.3 is 15.4 Å². The first-order chi connectivity index (χ1) is 8.19. The van der Waals surface area contributed by atoms with Gasteiger partial charge in [-0.15, -0.1) is 0 Å². The van der Waals surface area contributed by atoms with E-state index >= 15 is 0 Å². The number of pyridine rings is 1. The first-order valence-electron chi connectivity index (χ1n) is 5.56. The highest BCUT2D eigenvalue weighted by Gasteiger charge is 2.19. The lowest BCUT2D eigenvalue weighted by Crippen LogP contribution is -2.42. The molecule has 5 heteroatoms. The van der Waals surface area contributed by atoms with E-state index in [4.69, 9.17) is 10.5 Å². The molecule has 1 aromatic heterocycles. The zero-order valence-electron chi connectivity index (χ0n) is 10.3. The third-order valence-electron chi connectivity index (χ3n) is 2.58. The van der Waals surface area contributed by atoms with Gasteiger partial charge in [-0.3, -0.25) is 9.78 Å². The van der Waals surface area contributed by atoms with Crippen LogP contribution in [-0.4, -0.2) is 49.1 Å². The molecule has 0 bridgehead atoms. The molecule has 1 atom stereocenters. The number of ether oxygens (including phenoxy) is 1. The maximum absolute atomic E-state index is 11.8. The lowest BCUT2D eigenvalue weighted by atomic mass is 10.2. The molecule has 17 heavy (non-hydrogen) atoms. The van der Waals surface area contributed by atoms with Crippen molar-refractivity contribution < 1.29 is 9.53 Å². The molecule has 1 unspecified atom stereocenters. The quantitative estimate of drug-likeness (QED) is 0.759. The highest BCUT2D eigenvalue weighted by molar-refractivity contribution is 5.80. The number of aromatic nitrogens is 1. The molecular formula is C12H19N3O2. The molecule has 1 aromatic rings. The second-order valence-corrected chi connectivity index (χ2v) is 3.79. The van der Waals surface area contributed by atoms with Crippen LogP contribution in [0.4, 0.5) is 0 Å². The van der Waals surface area contributed by atoms with Crippen LogP contribution in [0.2, 0.25) is 0 Å². The molecule has 0 fully saturated rings. The Kier molecular flexibility index (Phi) is 5.59. The number of carbonyl (C=O) groups excluding carboxylic acids is 1. The summed E-state index contributed by atoms with van der Waals surface area (Å²) < 4.78 is 5.00. The van der Waals surface area contributed by atoms with Gasteiger partial charge in [-0.05, 0) is 12.1 Å². The second kappa shape index (κ2) is 6.98. The second-order valence-electron chi connectivity index (χ2n) is 3.79. The summed E-state index contributed by atoms with van der Waals surface area (Å²) in [5, 5.41) is 0. The fourth-order valence-electron chi connectivity index (χ4n) is 1.48. The van der Waals surface area contributed by atoms with Gasteiger partial charge in [0.15, 0.2) is 0 Å². The highest BCUT2D eigenvalue weighted by Crippen LogP contribution is 1.99. The minimum atomic E-state index is -0.552. The van der Waals surface area contributed by atoms with E-state index < -0.39 is 6.10 Å². The Morgan fingerprint density at radius 1 is 1.59 bits per heavy atom. The number of nitrogens with zero attached hydrogens (tertiary/aromatic N) is 2. The molecule has 0 aliphatic rings. The number of rotatable bonds is 6. The Balaban J connectivity index is 2.44. The fraction of sp³-hybridized carbons (Fsp3) is 0.500. The summed E-state index contributed by atoms with van der Waals surface area (Å²) in [5.41, 5.74) is 6.41. The average Bonchev–Trinajstić information content (AvgIpc) is 2.38. The predicted molar refractivity (Wildman–Crippen MR) is 65.4 cm³/mol. The number of amides is 1. The van der Waals surface area contributed by atoms with E-state index in [1.165, 1.54) is 7.11 Å². The van der Waals surface area contributed by atoms with Crippen LogP contribution in [0.3, 0.4) is 0 Å². The Labute approximate surface area is 102 Å². The van der Waals surface area contributed by atoms with Crippen molar-refractivity contribution in [3.05, 3.63) is 30.1 Å². The maximum atomic E-state index is 11.8. The van der Waals surface area contributed by atoms with Crippen LogP contribution >= 0.6 is 0 Å². The number of carbonyl (C=O) groups is 1. The van der Waals surface area contributed by atoms with Crippen LogP contribution in [-0.2, 0) is 16.0 Å². The van der Waals surface area contributed by atoms with Crippen LogP contribution < -0.4 is 5.73 Å². The average molecular weight is 237 g/mol. The lowest BCUT2D eigenvalue weighted by Gasteiger charge is -2.21. The van der Waals surface area contributed by atoms with Crippen LogP contribution in [0, 0.1) is 0 Å². The number of nitrogens with two attached hydrogens (primary N) is 1. The van der Waals surface area contributed by atoms with Gasteiger partial charge in [0.2, 0.25) is 0 Å². The summed E-state index contributed by atoms with van der Waals surface area (Å²) in [4.78, 5) is 17.6. The smallest absolute Gasteiger partial charge is 0.252 e. The van der Waals surface area contributed by atoms with Crippen LogP contribution in [0.5, 0.6) is 0 Å². The van der Waals surface area contributed by atoms with Crippen molar-refractivity contribution in [1.82, 2.24) is 9.88 Å². The first kappa shape index (κ1) is 13.6. The largest absolute Gasteiger partial charge is 0.370 e. The third-order valence-corrected chi connectivity index (χ3v) is 2.58. The van der Waals surface area contributed by atoms with E-state index in [1.54, 1.807) is 18.1 Å². The van der Waals surface area contributed by atoms with Crippen molar-refractivity contribution in [3.8, 4) is 0 Å².